The number of pyridine rings is 1. The predicted octanol–water partition coefficient (Wildman–Crippen LogP) is 1.75. The molecule has 4 heteroatoms. The van der Waals surface area contributed by atoms with Crippen LogP contribution in [0.25, 0.3) is 0 Å². The third kappa shape index (κ3) is 2.82. The molecule has 100 valence electrons. The molecular weight excluding hydrogens is 226 g/mol. The Morgan fingerprint density at radius 3 is 3.06 bits per heavy atom. The molecule has 18 heavy (non-hydrogen) atoms. The lowest BCUT2D eigenvalue weighted by atomic mass is 9.88. The fourth-order valence-electron chi connectivity index (χ4n) is 2.65. The zero-order chi connectivity index (χ0) is 13.0. The van der Waals surface area contributed by atoms with Crippen LogP contribution in [-0.2, 0) is 11.2 Å². The van der Waals surface area contributed by atoms with E-state index in [9.17, 15) is 0 Å². The number of likely N-dealkylation sites (N-methyl/N-ethyl adjacent to an activating group) is 1. The van der Waals surface area contributed by atoms with Crippen molar-refractivity contribution >= 4 is 5.69 Å². The Balaban J connectivity index is 2.13. The van der Waals surface area contributed by atoms with Gasteiger partial charge in [0.25, 0.3) is 0 Å². The zero-order valence-electron chi connectivity index (χ0n) is 11.3. The van der Waals surface area contributed by atoms with Crippen molar-refractivity contribution in [2.75, 3.05) is 18.9 Å². The summed E-state index contributed by atoms with van der Waals surface area (Å²) in [5.74, 6) is 0. The third-order valence-corrected chi connectivity index (χ3v) is 3.80. The molecule has 1 aliphatic rings. The van der Waals surface area contributed by atoms with Crippen LogP contribution in [0.1, 0.15) is 32.3 Å². The monoisotopic (exact) mass is 249 g/mol. The first-order valence-corrected chi connectivity index (χ1v) is 6.71. The van der Waals surface area contributed by atoms with Crippen molar-refractivity contribution in [1.29, 1.82) is 0 Å². The van der Waals surface area contributed by atoms with Crippen LogP contribution in [0.4, 0.5) is 5.69 Å². The summed E-state index contributed by atoms with van der Waals surface area (Å²) < 4.78 is 5.94. The van der Waals surface area contributed by atoms with Crippen molar-refractivity contribution in [1.82, 2.24) is 10.3 Å². The minimum atomic E-state index is -0.0850. The van der Waals surface area contributed by atoms with Crippen molar-refractivity contribution in [3.8, 4) is 0 Å². The summed E-state index contributed by atoms with van der Waals surface area (Å²) in [5, 5.41) is 3.53. The number of nitrogens with two attached hydrogens (primary N) is 1. The third-order valence-electron chi connectivity index (χ3n) is 3.80. The van der Waals surface area contributed by atoms with Crippen LogP contribution in [-0.4, -0.2) is 29.8 Å². The highest BCUT2D eigenvalue weighted by Gasteiger charge is 2.38. The smallest absolute Gasteiger partial charge is 0.0810 e. The van der Waals surface area contributed by atoms with Crippen LogP contribution in [0.15, 0.2) is 18.5 Å². The van der Waals surface area contributed by atoms with E-state index in [-0.39, 0.29) is 11.6 Å². The van der Waals surface area contributed by atoms with E-state index >= 15 is 0 Å². The highest BCUT2D eigenvalue weighted by Crippen LogP contribution is 2.31. The summed E-state index contributed by atoms with van der Waals surface area (Å²) in [6.45, 7) is 6.11. The summed E-state index contributed by atoms with van der Waals surface area (Å²) in [4.78, 5) is 4.16. The molecule has 2 rings (SSSR count). The quantitative estimate of drug-likeness (QED) is 0.834. The van der Waals surface area contributed by atoms with Gasteiger partial charge in [0.1, 0.15) is 0 Å². The van der Waals surface area contributed by atoms with E-state index in [2.05, 4.69) is 24.1 Å². The highest BCUT2D eigenvalue weighted by molar-refractivity contribution is 5.44. The molecule has 0 spiro atoms. The second-order valence-electron chi connectivity index (χ2n) is 5.15. The molecule has 1 fully saturated rings. The Kier molecular flexibility index (Phi) is 4.19. The second-order valence-corrected chi connectivity index (χ2v) is 5.15. The number of nitrogen functional groups attached to an aromatic ring is 1. The number of ether oxygens (including phenoxy) is 1. The second kappa shape index (κ2) is 5.67. The summed E-state index contributed by atoms with van der Waals surface area (Å²) in [6, 6.07) is 2.15. The van der Waals surface area contributed by atoms with E-state index in [0.717, 1.165) is 43.7 Å². The molecule has 1 aromatic rings. The molecule has 1 aliphatic heterocycles. The SMILES string of the molecule is CCNC(Cc1cnccc1N)C1(C)CCCO1. The Hall–Kier alpha value is -1.13. The number of rotatable bonds is 5. The molecule has 0 radical (unpaired) electrons. The molecule has 4 nitrogen and oxygen atoms in total. The summed E-state index contributed by atoms with van der Waals surface area (Å²) >= 11 is 0. The van der Waals surface area contributed by atoms with Gasteiger partial charge in [-0.1, -0.05) is 6.92 Å². The molecule has 0 bridgehead atoms. The van der Waals surface area contributed by atoms with Gasteiger partial charge < -0.3 is 15.8 Å². The largest absolute Gasteiger partial charge is 0.398 e. The number of hydrogen-bond acceptors (Lipinski definition) is 4. The molecule has 0 saturated carbocycles. The van der Waals surface area contributed by atoms with Gasteiger partial charge in [0.05, 0.1) is 5.60 Å². The lowest BCUT2D eigenvalue weighted by Gasteiger charge is -2.34. The first kappa shape index (κ1) is 13.3. The first-order chi connectivity index (χ1) is 8.65. The highest BCUT2D eigenvalue weighted by atomic mass is 16.5. The van der Waals surface area contributed by atoms with Gasteiger partial charge in [0.2, 0.25) is 0 Å². The van der Waals surface area contributed by atoms with Gasteiger partial charge in [0.15, 0.2) is 0 Å². The van der Waals surface area contributed by atoms with Crippen LogP contribution >= 0.6 is 0 Å². The first-order valence-electron chi connectivity index (χ1n) is 6.71. The molecule has 2 heterocycles. The number of hydrogen-bond donors (Lipinski definition) is 2. The van der Waals surface area contributed by atoms with Crippen molar-refractivity contribution in [2.24, 2.45) is 0 Å². The molecule has 1 aromatic heterocycles. The fourth-order valence-corrected chi connectivity index (χ4v) is 2.65. The van der Waals surface area contributed by atoms with E-state index in [1.807, 2.05) is 12.3 Å². The van der Waals surface area contributed by atoms with Crippen molar-refractivity contribution in [3.05, 3.63) is 24.0 Å². The lowest BCUT2D eigenvalue weighted by Crippen LogP contribution is -2.49. The van der Waals surface area contributed by atoms with Gasteiger partial charge in [-0.05, 0) is 44.4 Å². The summed E-state index contributed by atoms with van der Waals surface area (Å²) in [6.07, 6.45) is 6.70. The topological polar surface area (TPSA) is 60.2 Å². The number of anilines is 1. The van der Waals surface area contributed by atoms with Crippen LogP contribution in [0.2, 0.25) is 0 Å². The summed E-state index contributed by atoms with van der Waals surface area (Å²) in [7, 11) is 0. The van der Waals surface area contributed by atoms with Crippen LogP contribution < -0.4 is 11.1 Å². The number of nitrogens with one attached hydrogen (secondary N) is 1. The van der Waals surface area contributed by atoms with Gasteiger partial charge in [-0.25, -0.2) is 0 Å². The Morgan fingerprint density at radius 2 is 2.44 bits per heavy atom. The van der Waals surface area contributed by atoms with Gasteiger partial charge in [-0.2, -0.15) is 0 Å². The molecular formula is C14H23N3O. The van der Waals surface area contributed by atoms with Crippen molar-refractivity contribution < 1.29 is 4.74 Å². The molecule has 3 N–H and O–H groups in total. The average Bonchev–Trinajstić information content (AvgIpc) is 2.79. The zero-order valence-corrected chi connectivity index (χ0v) is 11.3. The van der Waals surface area contributed by atoms with Gasteiger partial charge >= 0.3 is 0 Å². The number of nitrogens with zero attached hydrogens (tertiary/aromatic N) is 1. The van der Waals surface area contributed by atoms with E-state index in [1.54, 1.807) is 6.20 Å². The number of aromatic nitrogens is 1. The van der Waals surface area contributed by atoms with Crippen LogP contribution in [0.5, 0.6) is 0 Å². The lowest BCUT2D eigenvalue weighted by molar-refractivity contribution is -0.0110. The molecule has 0 aliphatic carbocycles. The van der Waals surface area contributed by atoms with Crippen molar-refractivity contribution in [2.45, 2.75) is 44.8 Å². The molecule has 0 aromatic carbocycles. The fraction of sp³-hybridized carbons (Fsp3) is 0.643. The molecule has 1 saturated heterocycles. The Morgan fingerprint density at radius 1 is 1.61 bits per heavy atom. The van der Waals surface area contributed by atoms with E-state index in [0.29, 0.717) is 0 Å². The molecule has 0 amide bonds. The minimum Gasteiger partial charge on any atom is -0.398 e. The maximum atomic E-state index is 6.00. The average molecular weight is 249 g/mol. The summed E-state index contributed by atoms with van der Waals surface area (Å²) in [5.41, 5.74) is 7.82. The molecule has 2 atom stereocenters. The minimum absolute atomic E-state index is 0.0850. The standard InChI is InChI=1S/C14H23N3O/c1-3-17-13(14(2)6-4-8-18-14)9-11-10-16-7-5-12(11)15/h5,7,10,13,17H,3-4,6,8-9H2,1-2H3,(H2,15,16). The van der Waals surface area contributed by atoms with Gasteiger partial charge in [-0.15, -0.1) is 0 Å². The van der Waals surface area contributed by atoms with Gasteiger partial charge in [-0.3, -0.25) is 4.98 Å². The van der Waals surface area contributed by atoms with E-state index in [4.69, 9.17) is 10.5 Å². The van der Waals surface area contributed by atoms with Crippen LogP contribution in [0.3, 0.4) is 0 Å². The normalized spacial score (nSPS) is 25.2. The maximum Gasteiger partial charge on any atom is 0.0810 e. The predicted molar refractivity (Wildman–Crippen MR) is 73.4 cm³/mol. The Labute approximate surface area is 109 Å². The van der Waals surface area contributed by atoms with Gasteiger partial charge in [0, 0.05) is 30.7 Å². The molecule has 2 unspecified atom stereocenters. The van der Waals surface area contributed by atoms with E-state index in [1.165, 1.54) is 0 Å². The van der Waals surface area contributed by atoms with Crippen LogP contribution in [0, 0.1) is 0 Å². The van der Waals surface area contributed by atoms with Crippen molar-refractivity contribution in [3.63, 3.8) is 0 Å². The maximum absolute atomic E-state index is 6.00. The van der Waals surface area contributed by atoms with E-state index < -0.39 is 0 Å². The Bertz CT molecular complexity index is 388.